The van der Waals surface area contributed by atoms with Crippen LogP contribution in [0.15, 0.2) is 42.5 Å². The molecule has 2 aromatic rings. The second-order valence-corrected chi connectivity index (χ2v) is 5.30. The summed E-state index contributed by atoms with van der Waals surface area (Å²) in [6.07, 6.45) is -1.46. The number of hydrogen-bond acceptors (Lipinski definition) is 3. The standard InChI is InChI=1S/C17H15F2NO3/c18-12-5-3-6-13(19)16(12)14(21)8-20-17(22)11-9-23-15-7-2-1-4-10(11)15/h1-7,11,14,21H,8-9H2,(H,20,22)/t11-,14+/m0/s1. The Balaban J connectivity index is 1.66. The van der Waals surface area contributed by atoms with Crippen LogP contribution in [0.5, 0.6) is 5.75 Å². The number of halogens is 2. The fourth-order valence-electron chi connectivity index (χ4n) is 2.63. The molecule has 2 atom stereocenters. The van der Waals surface area contributed by atoms with Gasteiger partial charge >= 0.3 is 0 Å². The number of aliphatic hydroxyl groups is 1. The lowest BCUT2D eigenvalue weighted by molar-refractivity contribution is -0.123. The molecule has 1 aliphatic heterocycles. The van der Waals surface area contributed by atoms with Crippen LogP contribution in [0.3, 0.4) is 0 Å². The minimum atomic E-state index is -1.46. The zero-order valence-corrected chi connectivity index (χ0v) is 12.1. The SMILES string of the molecule is O=C(NC[C@@H](O)c1c(F)cccc1F)[C@H]1COc2ccccc21. The van der Waals surface area contributed by atoms with E-state index < -0.39 is 29.2 Å². The molecule has 0 radical (unpaired) electrons. The Morgan fingerprint density at radius 1 is 1.22 bits per heavy atom. The second-order valence-electron chi connectivity index (χ2n) is 5.30. The van der Waals surface area contributed by atoms with Gasteiger partial charge in [-0.2, -0.15) is 0 Å². The number of ether oxygens (including phenoxy) is 1. The van der Waals surface area contributed by atoms with Crippen molar-refractivity contribution in [2.75, 3.05) is 13.2 Å². The lowest BCUT2D eigenvalue weighted by Gasteiger charge is -2.15. The van der Waals surface area contributed by atoms with Gasteiger partial charge in [-0.1, -0.05) is 24.3 Å². The van der Waals surface area contributed by atoms with Crippen molar-refractivity contribution in [1.29, 1.82) is 0 Å². The van der Waals surface area contributed by atoms with Crippen LogP contribution in [0.1, 0.15) is 23.1 Å². The van der Waals surface area contributed by atoms with Gasteiger partial charge in [0.15, 0.2) is 0 Å². The van der Waals surface area contributed by atoms with Gasteiger partial charge in [0.1, 0.15) is 36.0 Å². The summed E-state index contributed by atoms with van der Waals surface area (Å²) in [7, 11) is 0. The molecule has 0 saturated carbocycles. The molecule has 0 bridgehead atoms. The highest BCUT2D eigenvalue weighted by Gasteiger charge is 2.30. The van der Waals surface area contributed by atoms with Crippen LogP contribution in [-0.2, 0) is 4.79 Å². The Bertz CT molecular complexity index is 715. The average Bonchev–Trinajstić information content (AvgIpc) is 2.96. The first-order valence-corrected chi connectivity index (χ1v) is 7.19. The minimum Gasteiger partial charge on any atom is -0.492 e. The number of benzene rings is 2. The summed E-state index contributed by atoms with van der Waals surface area (Å²) in [5.41, 5.74) is 0.312. The van der Waals surface area contributed by atoms with E-state index in [2.05, 4.69) is 5.32 Å². The topological polar surface area (TPSA) is 58.6 Å². The molecular weight excluding hydrogens is 304 g/mol. The number of amides is 1. The molecule has 120 valence electrons. The molecule has 0 saturated heterocycles. The summed E-state index contributed by atoms with van der Waals surface area (Å²) in [5.74, 6) is -1.90. The molecular formula is C17H15F2NO3. The summed E-state index contributed by atoms with van der Waals surface area (Å²) < 4.78 is 32.6. The molecule has 1 aliphatic rings. The molecule has 0 unspecified atom stereocenters. The Labute approximate surface area is 131 Å². The van der Waals surface area contributed by atoms with Gasteiger partial charge in [0, 0.05) is 12.1 Å². The Morgan fingerprint density at radius 3 is 2.65 bits per heavy atom. The molecule has 0 aliphatic carbocycles. The van der Waals surface area contributed by atoms with E-state index in [1.165, 1.54) is 6.07 Å². The summed E-state index contributed by atoms with van der Waals surface area (Å²) in [6.45, 7) is -0.0787. The molecule has 1 amide bonds. The molecule has 23 heavy (non-hydrogen) atoms. The monoisotopic (exact) mass is 319 g/mol. The highest BCUT2D eigenvalue weighted by molar-refractivity contribution is 5.85. The van der Waals surface area contributed by atoms with Crippen LogP contribution in [0.2, 0.25) is 0 Å². The van der Waals surface area contributed by atoms with Crippen LogP contribution in [0.4, 0.5) is 8.78 Å². The fraction of sp³-hybridized carbons (Fsp3) is 0.235. The number of nitrogens with one attached hydrogen (secondary N) is 1. The van der Waals surface area contributed by atoms with Crippen molar-refractivity contribution in [3.8, 4) is 5.75 Å². The van der Waals surface area contributed by atoms with Crippen molar-refractivity contribution in [2.24, 2.45) is 0 Å². The Kier molecular flexibility index (Phi) is 4.25. The number of fused-ring (bicyclic) bond motifs is 1. The van der Waals surface area contributed by atoms with Crippen molar-refractivity contribution in [2.45, 2.75) is 12.0 Å². The molecule has 6 heteroatoms. The van der Waals surface area contributed by atoms with E-state index >= 15 is 0 Å². The van der Waals surface area contributed by atoms with Crippen LogP contribution in [0.25, 0.3) is 0 Å². The maximum absolute atomic E-state index is 13.6. The van der Waals surface area contributed by atoms with Crippen molar-refractivity contribution >= 4 is 5.91 Å². The lowest BCUT2D eigenvalue weighted by atomic mass is 10.0. The summed E-state index contributed by atoms with van der Waals surface area (Å²) >= 11 is 0. The van der Waals surface area contributed by atoms with Gasteiger partial charge in [-0.15, -0.1) is 0 Å². The zero-order chi connectivity index (χ0) is 16.4. The van der Waals surface area contributed by atoms with E-state index in [0.717, 1.165) is 17.7 Å². The summed E-state index contributed by atoms with van der Waals surface area (Å²) in [4.78, 5) is 12.2. The van der Waals surface area contributed by atoms with E-state index in [1.807, 2.05) is 6.07 Å². The third-order valence-corrected chi connectivity index (χ3v) is 3.82. The van der Waals surface area contributed by atoms with Gasteiger partial charge in [0.2, 0.25) is 5.91 Å². The number of rotatable bonds is 4. The van der Waals surface area contributed by atoms with E-state index in [4.69, 9.17) is 4.74 Å². The number of hydrogen-bond donors (Lipinski definition) is 2. The van der Waals surface area contributed by atoms with Gasteiger partial charge in [-0.05, 0) is 18.2 Å². The zero-order valence-electron chi connectivity index (χ0n) is 12.1. The van der Waals surface area contributed by atoms with Crippen molar-refractivity contribution in [3.63, 3.8) is 0 Å². The van der Waals surface area contributed by atoms with Crippen molar-refractivity contribution in [1.82, 2.24) is 5.32 Å². The molecule has 1 heterocycles. The van der Waals surface area contributed by atoms with E-state index in [0.29, 0.717) is 5.75 Å². The summed E-state index contributed by atoms with van der Waals surface area (Å²) in [5, 5.41) is 12.5. The average molecular weight is 319 g/mol. The molecule has 2 aromatic carbocycles. The molecule has 2 N–H and O–H groups in total. The largest absolute Gasteiger partial charge is 0.492 e. The molecule has 4 nitrogen and oxygen atoms in total. The maximum atomic E-state index is 13.6. The number of aliphatic hydroxyl groups excluding tert-OH is 1. The number of para-hydroxylation sites is 1. The molecule has 0 fully saturated rings. The first-order valence-electron chi connectivity index (χ1n) is 7.19. The third kappa shape index (κ3) is 3.03. The second kappa shape index (κ2) is 6.34. The predicted molar refractivity (Wildman–Crippen MR) is 79.0 cm³/mol. The van der Waals surface area contributed by atoms with E-state index in [1.54, 1.807) is 18.2 Å². The molecule has 0 aromatic heterocycles. The van der Waals surface area contributed by atoms with Crippen LogP contribution >= 0.6 is 0 Å². The summed E-state index contributed by atoms with van der Waals surface area (Å²) in [6, 6.07) is 10.5. The Hall–Kier alpha value is -2.47. The highest BCUT2D eigenvalue weighted by Crippen LogP contribution is 2.33. The quantitative estimate of drug-likeness (QED) is 0.909. The van der Waals surface area contributed by atoms with E-state index in [9.17, 15) is 18.7 Å². The predicted octanol–water partition coefficient (Wildman–Crippen LogP) is 2.29. The van der Waals surface area contributed by atoms with Gasteiger partial charge in [0.05, 0.1) is 5.56 Å². The lowest BCUT2D eigenvalue weighted by Crippen LogP contribution is -2.33. The fourth-order valence-corrected chi connectivity index (χ4v) is 2.63. The van der Waals surface area contributed by atoms with Gasteiger partial charge in [-0.3, -0.25) is 4.79 Å². The molecule has 3 rings (SSSR count). The van der Waals surface area contributed by atoms with Crippen LogP contribution in [0, 0.1) is 11.6 Å². The van der Waals surface area contributed by atoms with Gasteiger partial charge < -0.3 is 15.2 Å². The maximum Gasteiger partial charge on any atom is 0.231 e. The third-order valence-electron chi connectivity index (χ3n) is 3.82. The first kappa shape index (κ1) is 15.4. The highest BCUT2D eigenvalue weighted by atomic mass is 19.1. The normalized spacial score (nSPS) is 17.3. The minimum absolute atomic E-state index is 0.204. The van der Waals surface area contributed by atoms with Crippen LogP contribution < -0.4 is 10.1 Å². The smallest absolute Gasteiger partial charge is 0.231 e. The van der Waals surface area contributed by atoms with Crippen LogP contribution in [-0.4, -0.2) is 24.2 Å². The van der Waals surface area contributed by atoms with Gasteiger partial charge in [-0.25, -0.2) is 8.78 Å². The Morgan fingerprint density at radius 2 is 1.91 bits per heavy atom. The molecule has 0 spiro atoms. The number of carbonyl (C=O) groups excluding carboxylic acids is 1. The van der Waals surface area contributed by atoms with Crippen molar-refractivity contribution in [3.05, 3.63) is 65.2 Å². The first-order chi connectivity index (χ1) is 11.1. The van der Waals surface area contributed by atoms with Gasteiger partial charge in [0.25, 0.3) is 0 Å². The van der Waals surface area contributed by atoms with E-state index in [-0.39, 0.29) is 19.1 Å². The van der Waals surface area contributed by atoms with Crippen molar-refractivity contribution < 1.29 is 23.4 Å². The number of carbonyl (C=O) groups is 1.